The van der Waals surface area contributed by atoms with E-state index in [2.05, 4.69) is 16.0 Å². The molecule has 0 saturated heterocycles. The van der Waals surface area contributed by atoms with Crippen LogP contribution in [-0.4, -0.2) is 53.2 Å². The Morgan fingerprint density at radius 3 is 2.03 bits per heavy atom. The number of carbonyl (C=O) groups excluding carboxylic acids is 2. The van der Waals surface area contributed by atoms with Crippen LogP contribution in [0.1, 0.15) is 22.7 Å². The van der Waals surface area contributed by atoms with Gasteiger partial charge in [0.1, 0.15) is 18.0 Å². The van der Waals surface area contributed by atoms with Crippen LogP contribution < -0.4 is 21.7 Å². The molecule has 0 heterocycles. The van der Waals surface area contributed by atoms with Crippen molar-refractivity contribution in [3.63, 3.8) is 0 Å². The average molecular weight is 512 g/mol. The maximum absolute atomic E-state index is 12.8. The van der Waals surface area contributed by atoms with Gasteiger partial charge in [-0.3, -0.25) is 15.0 Å². The summed E-state index contributed by atoms with van der Waals surface area (Å²) in [5, 5.41) is 35.4. The second-order valence-corrected chi connectivity index (χ2v) is 7.91. The number of carbonyl (C=O) groups is 2. The molecule has 3 rings (SSSR count). The average Bonchev–Trinajstić information content (AvgIpc) is 2.89. The lowest BCUT2D eigenvalue weighted by Crippen LogP contribution is -2.50. The lowest BCUT2D eigenvalue weighted by atomic mass is 9.99. The summed E-state index contributed by atoms with van der Waals surface area (Å²) in [6.07, 6.45) is -1.43. The summed E-state index contributed by atoms with van der Waals surface area (Å²) in [5.74, 6) is -1.25. The normalized spacial score (nSPS) is 12.1. The lowest BCUT2D eigenvalue weighted by molar-refractivity contribution is -0.128. The zero-order valence-corrected chi connectivity index (χ0v) is 20.2. The van der Waals surface area contributed by atoms with Crippen LogP contribution in [-0.2, 0) is 9.59 Å². The highest BCUT2D eigenvalue weighted by atomic mass is 35.5. The minimum Gasteiger partial charge on any atom is -0.394 e. The number of rotatable bonds is 11. The second-order valence-electron chi connectivity index (χ2n) is 7.91. The van der Waals surface area contributed by atoms with Gasteiger partial charge in [-0.05, 0) is 23.3 Å². The van der Waals surface area contributed by atoms with Crippen molar-refractivity contribution in [1.29, 1.82) is 5.41 Å². The van der Waals surface area contributed by atoms with Crippen molar-refractivity contribution in [3.8, 4) is 0 Å². The van der Waals surface area contributed by atoms with E-state index in [9.17, 15) is 19.8 Å². The first-order valence-corrected chi connectivity index (χ1v) is 11.1. The molecule has 8 N–H and O–H groups in total. The minimum atomic E-state index is -1.43. The molecule has 9 nitrogen and oxygen atoms in total. The number of amides is 2. The first-order chi connectivity index (χ1) is 16.9. The topological polar surface area (TPSA) is 161 Å². The van der Waals surface area contributed by atoms with Crippen molar-refractivity contribution in [2.24, 2.45) is 5.73 Å². The number of benzene rings is 3. The standard InChI is InChI=1S/C26H29N5O4.ClH/c27-25(28)19-12-7-13-20(14-19)30-24(21(33)16-32)26(35)29-15-22(34)31-23(17-8-3-1-4-9-17)18-10-5-2-6-11-18;/h1-14,21,23-24,30,32-33H,15-16H2,(H3,27,28)(H,29,35)(H,31,34);1H. The van der Waals surface area contributed by atoms with Gasteiger partial charge < -0.3 is 31.9 Å². The van der Waals surface area contributed by atoms with E-state index in [-0.39, 0.29) is 24.8 Å². The Morgan fingerprint density at radius 2 is 1.50 bits per heavy atom. The Labute approximate surface area is 215 Å². The van der Waals surface area contributed by atoms with Crippen LogP contribution in [0.4, 0.5) is 5.69 Å². The van der Waals surface area contributed by atoms with Crippen molar-refractivity contribution in [2.45, 2.75) is 18.2 Å². The molecule has 0 aliphatic rings. The Balaban J connectivity index is 0.00000456. The van der Waals surface area contributed by atoms with Gasteiger partial charge in [0.2, 0.25) is 11.8 Å². The molecule has 10 heteroatoms. The van der Waals surface area contributed by atoms with Crippen LogP contribution in [0.25, 0.3) is 0 Å². The van der Waals surface area contributed by atoms with Gasteiger partial charge in [0, 0.05) is 11.3 Å². The van der Waals surface area contributed by atoms with Crippen LogP contribution in [0, 0.1) is 5.41 Å². The maximum atomic E-state index is 12.8. The number of aliphatic hydroxyl groups is 2. The first-order valence-electron chi connectivity index (χ1n) is 11.1. The van der Waals surface area contributed by atoms with Gasteiger partial charge in [0.15, 0.2) is 0 Å². The predicted molar refractivity (Wildman–Crippen MR) is 141 cm³/mol. The van der Waals surface area contributed by atoms with Crippen molar-refractivity contribution < 1.29 is 19.8 Å². The SMILES string of the molecule is Cl.N=C(N)c1cccc(NC(C(=O)NCC(=O)NC(c2ccccc2)c2ccccc2)C(O)CO)c1. The molecule has 0 aliphatic carbocycles. The van der Waals surface area contributed by atoms with Crippen molar-refractivity contribution >= 4 is 35.7 Å². The van der Waals surface area contributed by atoms with Gasteiger partial charge in [0.05, 0.1) is 19.2 Å². The third-order valence-corrected chi connectivity index (χ3v) is 5.34. The van der Waals surface area contributed by atoms with Crippen molar-refractivity contribution in [3.05, 3.63) is 102 Å². The Bertz CT molecular complexity index is 1110. The number of amidine groups is 1. The molecule has 3 aromatic carbocycles. The highest BCUT2D eigenvalue weighted by Gasteiger charge is 2.27. The summed E-state index contributed by atoms with van der Waals surface area (Å²) in [5.41, 5.74) is 8.13. The van der Waals surface area contributed by atoms with Crippen LogP contribution in [0.15, 0.2) is 84.9 Å². The summed E-state index contributed by atoms with van der Waals surface area (Å²) < 4.78 is 0. The molecule has 0 aromatic heterocycles. The summed E-state index contributed by atoms with van der Waals surface area (Å²) in [6.45, 7) is -1.01. The molecular weight excluding hydrogens is 482 g/mol. The van der Waals surface area contributed by atoms with Crippen LogP contribution in [0.2, 0.25) is 0 Å². The predicted octanol–water partition coefficient (Wildman–Crippen LogP) is 1.55. The molecule has 2 unspecified atom stereocenters. The molecule has 36 heavy (non-hydrogen) atoms. The Morgan fingerprint density at radius 1 is 0.917 bits per heavy atom. The molecule has 0 bridgehead atoms. The summed E-state index contributed by atoms with van der Waals surface area (Å²) >= 11 is 0. The molecule has 0 spiro atoms. The summed E-state index contributed by atoms with van der Waals surface area (Å²) in [7, 11) is 0. The lowest BCUT2D eigenvalue weighted by Gasteiger charge is -2.24. The summed E-state index contributed by atoms with van der Waals surface area (Å²) in [4.78, 5) is 25.6. The van der Waals surface area contributed by atoms with E-state index in [0.29, 0.717) is 11.3 Å². The van der Waals surface area contributed by atoms with Crippen LogP contribution in [0.3, 0.4) is 0 Å². The smallest absolute Gasteiger partial charge is 0.245 e. The Hall–Kier alpha value is -3.92. The van der Waals surface area contributed by atoms with E-state index in [1.807, 2.05) is 60.7 Å². The molecule has 190 valence electrons. The number of nitrogens with one attached hydrogen (secondary N) is 4. The number of hydrogen-bond donors (Lipinski definition) is 7. The summed E-state index contributed by atoms with van der Waals surface area (Å²) in [6, 6.07) is 23.7. The van der Waals surface area contributed by atoms with Crippen molar-refractivity contribution in [2.75, 3.05) is 18.5 Å². The highest BCUT2D eigenvalue weighted by Crippen LogP contribution is 2.21. The molecule has 0 saturated carbocycles. The van der Waals surface area contributed by atoms with E-state index in [1.165, 1.54) is 0 Å². The van der Waals surface area contributed by atoms with Gasteiger partial charge in [0.25, 0.3) is 0 Å². The van der Waals surface area contributed by atoms with Gasteiger partial charge in [-0.25, -0.2) is 0 Å². The molecule has 3 aromatic rings. The number of anilines is 1. The quantitative estimate of drug-likeness (QED) is 0.153. The minimum absolute atomic E-state index is 0. The van der Waals surface area contributed by atoms with E-state index in [1.54, 1.807) is 24.3 Å². The van der Waals surface area contributed by atoms with E-state index in [4.69, 9.17) is 11.1 Å². The fourth-order valence-electron chi connectivity index (χ4n) is 3.54. The van der Waals surface area contributed by atoms with Crippen molar-refractivity contribution in [1.82, 2.24) is 10.6 Å². The number of nitrogen functional groups attached to an aromatic ring is 1. The van der Waals surface area contributed by atoms with Gasteiger partial charge in [-0.1, -0.05) is 72.8 Å². The van der Waals surface area contributed by atoms with E-state index < -0.39 is 36.6 Å². The van der Waals surface area contributed by atoms with Crippen LogP contribution in [0.5, 0.6) is 0 Å². The number of nitrogens with two attached hydrogens (primary N) is 1. The zero-order chi connectivity index (χ0) is 25.2. The first kappa shape index (κ1) is 28.3. The third kappa shape index (κ3) is 7.81. The fraction of sp³-hybridized carbons (Fsp3) is 0.192. The van der Waals surface area contributed by atoms with Gasteiger partial charge >= 0.3 is 0 Å². The van der Waals surface area contributed by atoms with Gasteiger partial charge in [-0.15, -0.1) is 12.4 Å². The third-order valence-electron chi connectivity index (χ3n) is 5.34. The molecule has 0 aliphatic heterocycles. The number of aliphatic hydroxyl groups excluding tert-OH is 2. The van der Waals surface area contributed by atoms with Gasteiger partial charge in [-0.2, -0.15) is 0 Å². The molecule has 0 fully saturated rings. The van der Waals surface area contributed by atoms with E-state index in [0.717, 1.165) is 11.1 Å². The second kappa shape index (κ2) is 13.8. The fourth-order valence-corrected chi connectivity index (χ4v) is 3.54. The zero-order valence-electron chi connectivity index (χ0n) is 19.4. The molecular formula is C26H30ClN5O4. The largest absolute Gasteiger partial charge is 0.394 e. The maximum Gasteiger partial charge on any atom is 0.245 e. The van der Waals surface area contributed by atoms with E-state index >= 15 is 0 Å². The van der Waals surface area contributed by atoms with Crippen LogP contribution >= 0.6 is 12.4 Å². The monoisotopic (exact) mass is 511 g/mol. The highest BCUT2D eigenvalue weighted by molar-refractivity contribution is 5.96. The number of hydrogen-bond acceptors (Lipinski definition) is 6. The molecule has 0 radical (unpaired) electrons. The Kier molecular flexibility index (Phi) is 10.9. The molecule has 2 amide bonds. The molecule has 2 atom stereocenters. The number of halogens is 1.